The number of nitrogens with one attached hydrogen (secondary N) is 1. The molecule has 2 aromatic rings. The maximum absolute atomic E-state index is 12.1. The molecule has 3 heterocycles. The van der Waals surface area contributed by atoms with Crippen molar-refractivity contribution in [2.45, 2.75) is 37.8 Å². The van der Waals surface area contributed by atoms with Gasteiger partial charge in [0.2, 0.25) is 5.91 Å². The molecule has 1 atom stereocenters. The summed E-state index contributed by atoms with van der Waals surface area (Å²) in [5, 5.41) is 5.74. The predicted octanol–water partition coefficient (Wildman–Crippen LogP) is 2.24. The van der Waals surface area contributed by atoms with E-state index in [0.29, 0.717) is 32.0 Å². The third-order valence-electron chi connectivity index (χ3n) is 4.49. The van der Waals surface area contributed by atoms with Gasteiger partial charge in [-0.2, -0.15) is 0 Å². The van der Waals surface area contributed by atoms with Crippen molar-refractivity contribution in [3.8, 4) is 10.6 Å². The van der Waals surface area contributed by atoms with E-state index < -0.39 is 0 Å². The third-order valence-corrected chi connectivity index (χ3v) is 5.43. The second kappa shape index (κ2) is 7.41. The van der Waals surface area contributed by atoms with Crippen molar-refractivity contribution < 1.29 is 14.3 Å². The van der Waals surface area contributed by atoms with E-state index in [9.17, 15) is 9.59 Å². The number of nitrogens with zero attached hydrogens (tertiary/aromatic N) is 3. The van der Waals surface area contributed by atoms with Gasteiger partial charge in [0.1, 0.15) is 11.1 Å². The van der Waals surface area contributed by atoms with Crippen LogP contribution in [0.1, 0.15) is 25.0 Å². The Labute approximate surface area is 155 Å². The van der Waals surface area contributed by atoms with Crippen molar-refractivity contribution in [1.29, 1.82) is 0 Å². The summed E-state index contributed by atoms with van der Waals surface area (Å²) in [4.78, 5) is 34.2. The molecule has 1 saturated heterocycles. The largest absolute Gasteiger partial charge is 0.442 e. The number of ether oxygens (including phenoxy) is 1. The minimum atomic E-state index is -0.253. The molecule has 1 saturated carbocycles. The van der Waals surface area contributed by atoms with Crippen molar-refractivity contribution in [1.82, 2.24) is 20.2 Å². The Balaban J connectivity index is 1.21. The highest BCUT2D eigenvalue weighted by Gasteiger charge is 2.40. The van der Waals surface area contributed by atoms with Gasteiger partial charge in [-0.1, -0.05) is 0 Å². The van der Waals surface area contributed by atoms with Gasteiger partial charge in [0.25, 0.3) is 0 Å². The highest BCUT2D eigenvalue weighted by Crippen LogP contribution is 2.30. The maximum atomic E-state index is 12.1. The minimum Gasteiger partial charge on any atom is -0.442 e. The molecule has 8 heteroatoms. The molecule has 1 aliphatic heterocycles. The van der Waals surface area contributed by atoms with Crippen LogP contribution >= 0.6 is 11.3 Å². The number of cyclic esters (lactones) is 1. The minimum absolute atomic E-state index is 0.0538. The standard InChI is InChI=1S/C18H20N4O3S/c23-16(20-9-15-10-22(14-4-5-14)18(24)25-15)6-3-13-11-26-17(21-13)12-2-1-7-19-8-12/h1-2,7-8,11,14-15H,3-6,9-10H2,(H,20,23). The first-order chi connectivity index (χ1) is 12.7. The summed E-state index contributed by atoms with van der Waals surface area (Å²) in [6, 6.07) is 4.20. The quantitative estimate of drug-likeness (QED) is 0.806. The molecule has 1 aliphatic carbocycles. The van der Waals surface area contributed by atoms with Gasteiger partial charge >= 0.3 is 6.09 Å². The monoisotopic (exact) mass is 372 g/mol. The number of hydrogen-bond donors (Lipinski definition) is 1. The van der Waals surface area contributed by atoms with E-state index in [1.54, 1.807) is 28.6 Å². The normalized spacial score (nSPS) is 19.5. The average Bonchev–Trinajstić information content (AvgIpc) is 3.27. The third kappa shape index (κ3) is 4.01. The number of thiazole rings is 1. The Morgan fingerprint density at radius 1 is 1.42 bits per heavy atom. The van der Waals surface area contributed by atoms with Gasteiger partial charge in [-0.25, -0.2) is 9.78 Å². The second-order valence-corrected chi connectivity index (χ2v) is 7.44. The summed E-state index contributed by atoms with van der Waals surface area (Å²) in [5.41, 5.74) is 1.88. The molecule has 4 rings (SSSR count). The molecule has 0 radical (unpaired) electrons. The van der Waals surface area contributed by atoms with Gasteiger partial charge in [0, 0.05) is 35.8 Å². The van der Waals surface area contributed by atoms with E-state index in [4.69, 9.17) is 4.74 Å². The molecule has 2 aromatic heterocycles. The number of hydrogen-bond acceptors (Lipinski definition) is 6. The van der Waals surface area contributed by atoms with Gasteiger partial charge in [-0.05, 0) is 31.4 Å². The summed E-state index contributed by atoms with van der Waals surface area (Å²) in [6.07, 6.45) is 6.08. The molecule has 2 aliphatic rings. The van der Waals surface area contributed by atoms with Crippen LogP contribution in [0.4, 0.5) is 4.79 Å². The highest BCUT2D eigenvalue weighted by molar-refractivity contribution is 7.13. The lowest BCUT2D eigenvalue weighted by molar-refractivity contribution is -0.121. The summed E-state index contributed by atoms with van der Waals surface area (Å²) >= 11 is 1.55. The smallest absolute Gasteiger partial charge is 0.410 e. The Hall–Kier alpha value is -2.48. The van der Waals surface area contributed by atoms with Crippen molar-refractivity contribution >= 4 is 23.3 Å². The molecule has 0 spiro atoms. The highest BCUT2D eigenvalue weighted by atomic mass is 32.1. The number of rotatable bonds is 7. The Kier molecular flexibility index (Phi) is 4.83. The zero-order chi connectivity index (χ0) is 17.9. The fourth-order valence-electron chi connectivity index (χ4n) is 2.93. The van der Waals surface area contributed by atoms with E-state index in [1.807, 2.05) is 17.5 Å². The number of aromatic nitrogens is 2. The molecule has 7 nitrogen and oxygen atoms in total. The van der Waals surface area contributed by atoms with Gasteiger partial charge in [-0.15, -0.1) is 11.3 Å². The molecule has 0 bridgehead atoms. The van der Waals surface area contributed by atoms with Gasteiger partial charge < -0.3 is 15.0 Å². The van der Waals surface area contributed by atoms with E-state index in [2.05, 4.69) is 15.3 Å². The van der Waals surface area contributed by atoms with E-state index >= 15 is 0 Å². The van der Waals surface area contributed by atoms with Crippen molar-refractivity contribution in [3.63, 3.8) is 0 Å². The zero-order valence-corrected chi connectivity index (χ0v) is 15.1. The number of amides is 2. The zero-order valence-electron chi connectivity index (χ0n) is 14.3. The first kappa shape index (κ1) is 17.0. The fourth-order valence-corrected chi connectivity index (χ4v) is 3.78. The average molecular weight is 372 g/mol. The van der Waals surface area contributed by atoms with E-state index in [0.717, 1.165) is 29.1 Å². The van der Waals surface area contributed by atoms with Gasteiger partial charge in [-0.3, -0.25) is 9.78 Å². The van der Waals surface area contributed by atoms with Crippen LogP contribution in [0.3, 0.4) is 0 Å². The lowest BCUT2D eigenvalue weighted by Crippen LogP contribution is -2.35. The SMILES string of the molecule is O=C(CCc1csc(-c2cccnc2)n1)NCC1CN(C2CC2)C(=O)O1. The van der Waals surface area contributed by atoms with Crippen LogP contribution in [0, 0.1) is 0 Å². The fraction of sp³-hybridized carbons (Fsp3) is 0.444. The van der Waals surface area contributed by atoms with Crippen molar-refractivity contribution in [2.75, 3.05) is 13.1 Å². The molecule has 1 unspecified atom stereocenters. The lowest BCUT2D eigenvalue weighted by Gasteiger charge is -2.11. The van der Waals surface area contributed by atoms with Crippen LogP contribution in [0.2, 0.25) is 0 Å². The molecular weight excluding hydrogens is 352 g/mol. The van der Waals surface area contributed by atoms with Crippen LogP contribution in [-0.4, -0.2) is 52.1 Å². The number of carbonyl (C=O) groups excluding carboxylic acids is 2. The Morgan fingerprint density at radius 3 is 3.08 bits per heavy atom. The summed E-state index contributed by atoms with van der Waals surface area (Å²) < 4.78 is 5.30. The second-order valence-electron chi connectivity index (χ2n) is 6.58. The van der Waals surface area contributed by atoms with Crippen molar-refractivity contribution in [3.05, 3.63) is 35.6 Å². The molecule has 1 N–H and O–H groups in total. The van der Waals surface area contributed by atoms with E-state index in [1.165, 1.54) is 0 Å². The Bertz CT molecular complexity index is 791. The molecule has 26 heavy (non-hydrogen) atoms. The molecule has 0 aromatic carbocycles. The van der Waals surface area contributed by atoms with Crippen molar-refractivity contribution in [2.24, 2.45) is 0 Å². The molecule has 2 amide bonds. The van der Waals surface area contributed by atoms with Crippen LogP contribution in [0.5, 0.6) is 0 Å². The van der Waals surface area contributed by atoms with Gasteiger partial charge in [0.05, 0.1) is 18.8 Å². The topological polar surface area (TPSA) is 84.4 Å². The predicted molar refractivity (Wildman–Crippen MR) is 96.7 cm³/mol. The van der Waals surface area contributed by atoms with Crippen LogP contribution in [0.15, 0.2) is 29.9 Å². The summed E-state index contributed by atoms with van der Waals surface area (Å²) in [5.74, 6) is -0.0538. The van der Waals surface area contributed by atoms with E-state index in [-0.39, 0.29) is 18.1 Å². The van der Waals surface area contributed by atoms with Crippen LogP contribution in [0.25, 0.3) is 10.6 Å². The molecular formula is C18H20N4O3S. The lowest BCUT2D eigenvalue weighted by atomic mass is 10.2. The number of carbonyl (C=O) groups is 2. The van der Waals surface area contributed by atoms with Crippen LogP contribution < -0.4 is 5.32 Å². The summed E-state index contributed by atoms with van der Waals surface area (Å²) in [6.45, 7) is 0.941. The number of aryl methyl sites for hydroxylation is 1. The molecule has 2 fully saturated rings. The Morgan fingerprint density at radius 2 is 2.31 bits per heavy atom. The first-order valence-corrected chi connectivity index (χ1v) is 9.66. The van der Waals surface area contributed by atoms with Crippen LogP contribution in [-0.2, 0) is 16.0 Å². The molecule has 136 valence electrons. The first-order valence-electron chi connectivity index (χ1n) is 8.78. The number of pyridine rings is 1. The summed E-state index contributed by atoms with van der Waals surface area (Å²) in [7, 11) is 0. The maximum Gasteiger partial charge on any atom is 0.410 e. The van der Waals surface area contributed by atoms with Gasteiger partial charge in [0.15, 0.2) is 0 Å².